The van der Waals surface area contributed by atoms with E-state index in [1.54, 1.807) is 0 Å². The van der Waals surface area contributed by atoms with E-state index in [0.29, 0.717) is 5.92 Å². The summed E-state index contributed by atoms with van der Waals surface area (Å²) in [6.07, 6.45) is 3.52. The summed E-state index contributed by atoms with van der Waals surface area (Å²) in [5.74, 6) is 1.88. The van der Waals surface area contributed by atoms with E-state index in [4.69, 9.17) is 4.98 Å². The van der Waals surface area contributed by atoms with Gasteiger partial charge < -0.3 is 15.6 Å². The number of rotatable bonds is 1. The lowest BCUT2D eigenvalue weighted by atomic mass is 9.98. The number of aromatic nitrogens is 2. The van der Waals surface area contributed by atoms with Gasteiger partial charge in [0.25, 0.3) is 0 Å². The van der Waals surface area contributed by atoms with E-state index in [1.165, 1.54) is 30.1 Å². The first-order valence-electron chi connectivity index (χ1n) is 5.92. The fourth-order valence-electron chi connectivity index (χ4n) is 2.53. The van der Waals surface area contributed by atoms with E-state index in [0.717, 1.165) is 32.6 Å². The molecule has 2 aliphatic heterocycles. The molecule has 0 atom stereocenters. The highest BCUT2D eigenvalue weighted by atomic mass is 15.0. The number of nitrogens with zero attached hydrogens (tertiary/aromatic N) is 1. The van der Waals surface area contributed by atoms with Gasteiger partial charge in [-0.05, 0) is 25.9 Å². The minimum absolute atomic E-state index is 0.650. The van der Waals surface area contributed by atoms with Gasteiger partial charge in [0.15, 0.2) is 0 Å². The van der Waals surface area contributed by atoms with Crippen molar-refractivity contribution in [2.45, 2.75) is 31.7 Å². The number of nitrogens with one attached hydrogen (secondary N) is 3. The van der Waals surface area contributed by atoms with Crippen LogP contribution >= 0.6 is 0 Å². The molecular formula is C11H18N4. The van der Waals surface area contributed by atoms with Crippen LogP contribution in [0.5, 0.6) is 0 Å². The lowest BCUT2D eigenvalue weighted by Gasteiger charge is -2.20. The molecule has 1 saturated heterocycles. The van der Waals surface area contributed by atoms with Crippen molar-refractivity contribution < 1.29 is 0 Å². The minimum Gasteiger partial charge on any atom is -0.344 e. The quantitative estimate of drug-likeness (QED) is 0.628. The van der Waals surface area contributed by atoms with Gasteiger partial charge >= 0.3 is 0 Å². The van der Waals surface area contributed by atoms with Crippen molar-refractivity contribution in [2.75, 3.05) is 19.6 Å². The molecule has 3 heterocycles. The summed E-state index contributed by atoms with van der Waals surface area (Å²) in [5, 5.41) is 6.77. The van der Waals surface area contributed by atoms with E-state index in [-0.39, 0.29) is 0 Å². The van der Waals surface area contributed by atoms with Crippen molar-refractivity contribution >= 4 is 0 Å². The van der Waals surface area contributed by atoms with Gasteiger partial charge in [0.2, 0.25) is 0 Å². The Morgan fingerprint density at radius 3 is 2.73 bits per heavy atom. The molecule has 0 amide bonds. The average Bonchev–Trinajstić information content (AvgIpc) is 2.74. The summed E-state index contributed by atoms with van der Waals surface area (Å²) in [7, 11) is 0. The van der Waals surface area contributed by atoms with Crippen molar-refractivity contribution in [1.29, 1.82) is 0 Å². The standard InChI is InChI=1S/C11H18N4/c1-4-12-5-2-8(1)11-14-9-3-6-13-7-10(9)15-11/h8,12-13H,1-7H2,(H,14,15). The number of hydrogen-bond donors (Lipinski definition) is 3. The lowest BCUT2D eigenvalue weighted by molar-refractivity contribution is 0.446. The predicted molar refractivity (Wildman–Crippen MR) is 58.8 cm³/mol. The molecule has 82 valence electrons. The molecule has 0 spiro atoms. The Morgan fingerprint density at radius 2 is 1.93 bits per heavy atom. The smallest absolute Gasteiger partial charge is 0.109 e. The maximum Gasteiger partial charge on any atom is 0.109 e. The van der Waals surface area contributed by atoms with E-state index in [9.17, 15) is 0 Å². The predicted octanol–water partition coefficient (Wildman–Crippen LogP) is 0.522. The monoisotopic (exact) mass is 206 g/mol. The van der Waals surface area contributed by atoms with Crippen LogP contribution in [-0.4, -0.2) is 29.6 Å². The summed E-state index contributed by atoms with van der Waals surface area (Å²) in [6.45, 7) is 4.30. The largest absolute Gasteiger partial charge is 0.344 e. The number of imidazole rings is 1. The summed E-state index contributed by atoms with van der Waals surface area (Å²) in [6, 6.07) is 0. The second-order valence-corrected chi connectivity index (χ2v) is 4.50. The zero-order valence-corrected chi connectivity index (χ0v) is 8.97. The molecule has 0 aliphatic carbocycles. The number of aromatic amines is 1. The maximum absolute atomic E-state index is 4.75. The minimum atomic E-state index is 0.650. The van der Waals surface area contributed by atoms with Crippen LogP contribution in [0.3, 0.4) is 0 Å². The molecule has 0 bridgehead atoms. The number of H-pyrrole nitrogens is 1. The van der Waals surface area contributed by atoms with E-state index in [2.05, 4.69) is 15.6 Å². The van der Waals surface area contributed by atoms with Crippen molar-refractivity contribution in [3.05, 3.63) is 17.2 Å². The Labute approximate surface area is 89.9 Å². The summed E-state index contributed by atoms with van der Waals surface area (Å²) in [4.78, 5) is 8.25. The van der Waals surface area contributed by atoms with Gasteiger partial charge in [0.1, 0.15) is 5.82 Å². The van der Waals surface area contributed by atoms with E-state index < -0.39 is 0 Å². The zero-order valence-electron chi connectivity index (χ0n) is 8.97. The Bertz CT molecular complexity index is 315. The van der Waals surface area contributed by atoms with Crippen LogP contribution in [0.15, 0.2) is 0 Å². The van der Waals surface area contributed by atoms with Crippen LogP contribution in [0.25, 0.3) is 0 Å². The third kappa shape index (κ3) is 1.79. The third-order valence-corrected chi connectivity index (χ3v) is 3.45. The molecule has 0 aromatic carbocycles. The summed E-state index contributed by atoms with van der Waals surface area (Å²) >= 11 is 0. The van der Waals surface area contributed by atoms with E-state index in [1.807, 2.05) is 0 Å². The Balaban J connectivity index is 1.82. The van der Waals surface area contributed by atoms with Gasteiger partial charge in [-0.1, -0.05) is 0 Å². The maximum atomic E-state index is 4.75. The average molecular weight is 206 g/mol. The number of piperidine rings is 1. The molecule has 0 radical (unpaired) electrons. The van der Waals surface area contributed by atoms with Gasteiger partial charge in [-0.3, -0.25) is 0 Å². The van der Waals surface area contributed by atoms with Crippen molar-refractivity contribution in [3.8, 4) is 0 Å². The summed E-state index contributed by atoms with van der Waals surface area (Å²) < 4.78 is 0. The molecule has 15 heavy (non-hydrogen) atoms. The molecule has 3 rings (SSSR count). The molecule has 2 aliphatic rings. The second-order valence-electron chi connectivity index (χ2n) is 4.50. The Morgan fingerprint density at radius 1 is 1.07 bits per heavy atom. The highest BCUT2D eigenvalue weighted by Gasteiger charge is 2.21. The molecule has 0 saturated carbocycles. The third-order valence-electron chi connectivity index (χ3n) is 3.45. The Kier molecular flexibility index (Phi) is 2.46. The SMILES string of the molecule is C1CC(c2nc3c([nH]2)CNCC3)CCN1. The fourth-order valence-corrected chi connectivity index (χ4v) is 2.53. The summed E-state index contributed by atoms with van der Waals surface area (Å²) in [5.41, 5.74) is 2.61. The second kappa shape index (κ2) is 3.94. The van der Waals surface area contributed by atoms with Gasteiger partial charge in [0.05, 0.1) is 11.4 Å². The van der Waals surface area contributed by atoms with Gasteiger partial charge in [-0.2, -0.15) is 0 Å². The molecule has 1 fully saturated rings. The highest BCUT2D eigenvalue weighted by molar-refractivity contribution is 5.19. The van der Waals surface area contributed by atoms with Crippen LogP contribution < -0.4 is 10.6 Å². The first-order chi connectivity index (χ1) is 7.43. The zero-order chi connectivity index (χ0) is 10.1. The first-order valence-corrected chi connectivity index (χ1v) is 5.92. The number of fused-ring (bicyclic) bond motifs is 1. The van der Waals surface area contributed by atoms with Crippen LogP contribution in [0.4, 0.5) is 0 Å². The Hall–Kier alpha value is -0.870. The van der Waals surface area contributed by atoms with Gasteiger partial charge in [-0.25, -0.2) is 4.98 Å². The molecule has 3 N–H and O–H groups in total. The molecule has 0 unspecified atom stereocenters. The molecule has 1 aromatic rings. The normalized spacial score (nSPS) is 22.7. The molecule has 4 heteroatoms. The molecule has 4 nitrogen and oxygen atoms in total. The number of hydrogen-bond acceptors (Lipinski definition) is 3. The topological polar surface area (TPSA) is 52.7 Å². The van der Waals surface area contributed by atoms with Crippen LogP contribution in [0.2, 0.25) is 0 Å². The molecular weight excluding hydrogens is 188 g/mol. The fraction of sp³-hybridized carbons (Fsp3) is 0.727. The lowest BCUT2D eigenvalue weighted by Crippen LogP contribution is -2.27. The van der Waals surface area contributed by atoms with Gasteiger partial charge in [-0.15, -0.1) is 0 Å². The van der Waals surface area contributed by atoms with E-state index >= 15 is 0 Å². The van der Waals surface area contributed by atoms with Crippen LogP contribution in [-0.2, 0) is 13.0 Å². The highest BCUT2D eigenvalue weighted by Crippen LogP contribution is 2.24. The first kappa shape index (κ1) is 9.36. The van der Waals surface area contributed by atoms with Crippen molar-refractivity contribution in [2.24, 2.45) is 0 Å². The molecule has 1 aromatic heterocycles. The van der Waals surface area contributed by atoms with Gasteiger partial charge in [0, 0.05) is 25.4 Å². The van der Waals surface area contributed by atoms with Crippen molar-refractivity contribution in [1.82, 2.24) is 20.6 Å². The van der Waals surface area contributed by atoms with Crippen LogP contribution in [0, 0.1) is 0 Å². The van der Waals surface area contributed by atoms with Crippen molar-refractivity contribution in [3.63, 3.8) is 0 Å². The van der Waals surface area contributed by atoms with Crippen LogP contribution in [0.1, 0.15) is 36.0 Å².